The topological polar surface area (TPSA) is 0 Å². The van der Waals surface area contributed by atoms with E-state index in [0.717, 1.165) is 6.42 Å². The predicted octanol–water partition coefficient (Wildman–Crippen LogP) is 5.28. The highest BCUT2D eigenvalue weighted by molar-refractivity contribution is 5.39. The van der Waals surface area contributed by atoms with Crippen molar-refractivity contribution in [3.63, 3.8) is 0 Å². The van der Waals surface area contributed by atoms with Crippen molar-refractivity contribution in [3.05, 3.63) is 34.9 Å². The first-order chi connectivity index (χ1) is 8.00. The summed E-state index contributed by atoms with van der Waals surface area (Å²) in [4.78, 5) is 0. The van der Waals surface area contributed by atoms with Crippen molar-refractivity contribution in [2.75, 3.05) is 0 Å². The minimum absolute atomic E-state index is 0.271. The van der Waals surface area contributed by atoms with Crippen LogP contribution in [0.2, 0.25) is 0 Å². The molecule has 0 unspecified atom stereocenters. The standard InChI is InChI=1S/C17H28/c1-6-8-9-12-15-14(7-2)11-10-13-16(15)17(3,4)5/h10-11,13H,6-9,12H2,1-5H3. The lowest BCUT2D eigenvalue weighted by molar-refractivity contribution is 0.576. The van der Waals surface area contributed by atoms with Gasteiger partial charge in [0, 0.05) is 0 Å². The van der Waals surface area contributed by atoms with Crippen molar-refractivity contribution in [1.29, 1.82) is 0 Å². The number of rotatable bonds is 5. The molecule has 0 atom stereocenters. The van der Waals surface area contributed by atoms with Crippen molar-refractivity contribution in [1.82, 2.24) is 0 Å². The van der Waals surface area contributed by atoms with Crippen molar-refractivity contribution in [3.8, 4) is 0 Å². The Bertz CT molecular complexity index is 342. The molecular formula is C17H28. The number of unbranched alkanes of at least 4 members (excludes halogenated alkanes) is 2. The fourth-order valence-corrected chi connectivity index (χ4v) is 2.52. The zero-order valence-corrected chi connectivity index (χ0v) is 12.3. The van der Waals surface area contributed by atoms with Gasteiger partial charge in [-0.1, -0.05) is 65.7 Å². The Labute approximate surface area is 107 Å². The summed E-state index contributed by atoms with van der Waals surface area (Å²) in [7, 11) is 0. The maximum atomic E-state index is 2.32. The van der Waals surface area contributed by atoms with Gasteiger partial charge in [-0.2, -0.15) is 0 Å². The quantitative estimate of drug-likeness (QED) is 0.606. The molecule has 0 heteroatoms. The van der Waals surface area contributed by atoms with Gasteiger partial charge < -0.3 is 0 Å². The first-order valence-electron chi connectivity index (χ1n) is 7.12. The van der Waals surface area contributed by atoms with Gasteiger partial charge in [0.2, 0.25) is 0 Å². The number of benzene rings is 1. The monoisotopic (exact) mass is 232 g/mol. The molecule has 0 aliphatic heterocycles. The third-order valence-electron chi connectivity index (χ3n) is 3.49. The maximum absolute atomic E-state index is 2.32. The largest absolute Gasteiger partial charge is 0.0654 e. The van der Waals surface area contributed by atoms with Crippen LogP contribution in [0.3, 0.4) is 0 Å². The molecule has 0 fully saturated rings. The van der Waals surface area contributed by atoms with Crippen LogP contribution in [-0.4, -0.2) is 0 Å². The van der Waals surface area contributed by atoms with Crippen LogP contribution >= 0.6 is 0 Å². The Morgan fingerprint density at radius 3 is 2.24 bits per heavy atom. The number of hydrogen-bond donors (Lipinski definition) is 0. The minimum Gasteiger partial charge on any atom is -0.0654 e. The van der Waals surface area contributed by atoms with Crippen molar-refractivity contribution < 1.29 is 0 Å². The Kier molecular flexibility index (Phi) is 5.24. The molecule has 0 nitrogen and oxygen atoms in total. The highest BCUT2D eigenvalue weighted by atomic mass is 14.2. The van der Waals surface area contributed by atoms with Crippen molar-refractivity contribution in [2.24, 2.45) is 0 Å². The van der Waals surface area contributed by atoms with E-state index >= 15 is 0 Å². The van der Waals surface area contributed by atoms with Gasteiger partial charge in [-0.3, -0.25) is 0 Å². The van der Waals surface area contributed by atoms with Crippen LogP contribution in [0.1, 0.15) is 70.6 Å². The summed E-state index contributed by atoms with van der Waals surface area (Å²) >= 11 is 0. The van der Waals surface area contributed by atoms with Crippen LogP contribution in [0.15, 0.2) is 18.2 Å². The lowest BCUT2D eigenvalue weighted by Crippen LogP contribution is -2.15. The van der Waals surface area contributed by atoms with E-state index in [9.17, 15) is 0 Å². The molecule has 0 bridgehead atoms. The SMILES string of the molecule is CCCCCc1c(CC)cccc1C(C)(C)C. The molecule has 0 radical (unpaired) electrons. The van der Waals surface area contributed by atoms with Gasteiger partial charge in [-0.15, -0.1) is 0 Å². The lowest BCUT2D eigenvalue weighted by atomic mass is 9.80. The summed E-state index contributed by atoms with van der Waals surface area (Å²) in [6.07, 6.45) is 6.40. The van der Waals surface area contributed by atoms with Gasteiger partial charge in [0.25, 0.3) is 0 Å². The predicted molar refractivity (Wildman–Crippen MR) is 77.7 cm³/mol. The van der Waals surface area contributed by atoms with Crippen molar-refractivity contribution in [2.45, 2.75) is 72.1 Å². The first-order valence-corrected chi connectivity index (χ1v) is 7.12. The van der Waals surface area contributed by atoms with Crippen LogP contribution in [0.4, 0.5) is 0 Å². The first kappa shape index (κ1) is 14.3. The highest BCUT2D eigenvalue weighted by Crippen LogP contribution is 2.29. The molecule has 1 rings (SSSR count). The molecule has 0 N–H and O–H groups in total. The normalized spacial score (nSPS) is 11.8. The molecule has 0 aliphatic rings. The van der Waals surface area contributed by atoms with Crippen molar-refractivity contribution >= 4 is 0 Å². The molecule has 17 heavy (non-hydrogen) atoms. The summed E-state index contributed by atoms with van der Waals surface area (Å²) in [5, 5.41) is 0. The van der Waals surface area contributed by atoms with E-state index in [-0.39, 0.29) is 5.41 Å². The van der Waals surface area contributed by atoms with E-state index in [1.165, 1.54) is 25.7 Å². The minimum atomic E-state index is 0.271. The molecule has 0 aliphatic carbocycles. The lowest BCUT2D eigenvalue weighted by Gasteiger charge is -2.25. The Morgan fingerprint density at radius 1 is 1.00 bits per heavy atom. The highest BCUT2D eigenvalue weighted by Gasteiger charge is 2.18. The fourth-order valence-electron chi connectivity index (χ4n) is 2.52. The molecule has 0 heterocycles. The van der Waals surface area contributed by atoms with Crippen LogP contribution < -0.4 is 0 Å². The second-order valence-corrected chi connectivity index (χ2v) is 6.00. The van der Waals surface area contributed by atoms with Gasteiger partial charge in [-0.05, 0) is 41.4 Å². The van der Waals surface area contributed by atoms with Gasteiger partial charge >= 0.3 is 0 Å². The average molecular weight is 232 g/mol. The number of aryl methyl sites for hydroxylation is 1. The van der Waals surface area contributed by atoms with Crippen LogP contribution in [0.25, 0.3) is 0 Å². The Morgan fingerprint density at radius 2 is 1.71 bits per heavy atom. The molecule has 0 aromatic heterocycles. The third-order valence-corrected chi connectivity index (χ3v) is 3.49. The van der Waals surface area contributed by atoms with Gasteiger partial charge in [0.1, 0.15) is 0 Å². The summed E-state index contributed by atoms with van der Waals surface area (Å²) in [5.41, 5.74) is 4.99. The summed E-state index contributed by atoms with van der Waals surface area (Å²) in [6.45, 7) is 11.5. The second-order valence-electron chi connectivity index (χ2n) is 6.00. The van der Waals surface area contributed by atoms with Crippen LogP contribution in [0.5, 0.6) is 0 Å². The van der Waals surface area contributed by atoms with Crippen LogP contribution in [-0.2, 0) is 18.3 Å². The third kappa shape index (κ3) is 3.87. The summed E-state index contributed by atoms with van der Waals surface area (Å²) in [6, 6.07) is 6.85. The van der Waals surface area contributed by atoms with Gasteiger partial charge in [0.05, 0.1) is 0 Å². The van der Waals surface area contributed by atoms with Crippen LogP contribution in [0, 0.1) is 0 Å². The molecule has 0 spiro atoms. The maximum Gasteiger partial charge on any atom is -0.0129 e. The smallest absolute Gasteiger partial charge is 0.0129 e. The molecular weight excluding hydrogens is 204 g/mol. The number of hydrogen-bond acceptors (Lipinski definition) is 0. The zero-order chi connectivity index (χ0) is 12.9. The molecule has 1 aromatic rings. The van der Waals surface area contributed by atoms with E-state index in [4.69, 9.17) is 0 Å². The molecule has 1 aromatic carbocycles. The molecule has 0 saturated carbocycles. The van der Waals surface area contributed by atoms with E-state index in [2.05, 4.69) is 52.8 Å². The Balaban J connectivity index is 3.03. The van der Waals surface area contributed by atoms with Gasteiger partial charge in [0.15, 0.2) is 0 Å². The van der Waals surface area contributed by atoms with E-state index in [1.807, 2.05) is 0 Å². The summed E-state index contributed by atoms with van der Waals surface area (Å²) < 4.78 is 0. The fraction of sp³-hybridized carbons (Fsp3) is 0.647. The van der Waals surface area contributed by atoms with E-state index in [0.29, 0.717) is 0 Å². The van der Waals surface area contributed by atoms with Gasteiger partial charge in [-0.25, -0.2) is 0 Å². The second kappa shape index (κ2) is 6.23. The Hall–Kier alpha value is -0.780. The zero-order valence-electron chi connectivity index (χ0n) is 12.3. The van der Waals surface area contributed by atoms with E-state index in [1.54, 1.807) is 16.7 Å². The molecule has 0 amide bonds. The molecule has 96 valence electrons. The van der Waals surface area contributed by atoms with E-state index < -0.39 is 0 Å². The molecule has 0 saturated heterocycles. The summed E-state index contributed by atoms with van der Waals surface area (Å²) in [5.74, 6) is 0. The average Bonchev–Trinajstić information content (AvgIpc) is 2.28.